The van der Waals surface area contributed by atoms with Gasteiger partial charge in [0.15, 0.2) is 5.96 Å². The van der Waals surface area contributed by atoms with Crippen LogP contribution in [0.1, 0.15) is 29.6 Å². The monoisotopic (exact) mass is 360 g/mol. The predicted octanol–water partition coefficient (Wildman–Crippen LogP) is 1.04. The molecule has 2 heterocycles. The number of rotatable bonds is 7. The maximum atomic E-state index is 11.9. The quantitative estimate of drug-likeness (QED) is 0.506. The highest BCUT2D eigenvalue weighted by Crippen LogP contribution is 2.14. The van der Waals surface area contributed by atoms with Crippen molar-refractivity contribution in [3.63, 3.8) is 0 Å². The standard InChI is InChI=1S/C18H28N6O2/c1-12(9-16-13(2)23-24(5)14(16)3)22-18(19-4)21-11-17(25)20-10-15-7-6-8-26-15/h6-8,12H,9-11H2,1-5H3,(H,20,25)(H2,19,21,22). The molecule has 0 aliphatic carbocycles. The highest BCUT2D eigenvalue weighted by Gasteiger charge is 2.14. The lowest BCUT2D eigenvalue weighted by Crippen LogP contribution is -2.46. The van der Waals surface area contributed by atoms with Gasteiger partial charge >= 0.3 is 0 Å². The van der Waals surface area contributed by atoms with Crippen molar-refractivity contribution in [2.24, 2.45) is 12.0 Å². The van der Waals surface area contributed by atoms with Crippen LogP contribution < -0.4 is 16.0 Å². The van der Waals surface area contributed by atoms with E-state index in [1.165, 1.54) is 5.56 Å². The molecule has 26 heavy (non-hydrogen) atoms. The summed E-state index contributed by atoms with van der Waals surface area (Å²) >= 11 is 0. The molecule has 8 nitrogen and oxygen atoms in total. The summed E-state index contributed by atoms with van der Waals surface area (Å²) in [5.74, 6) is 1.18. The molecule has 2 aromatic heterocycles. The first kappa shape index (κ1) is 19.6. The van der Waals surface area contributed by atoms with Crippen LogP contribution in [0.4, 0.5) is 0 Å². The number of carbonyl (C=O) groups is 1. The first-order valence-corrected chi connectivity index (χ1v) is 8.66. The molecule has 1 atom stereocenters. The lowest BCUT2D eigenvalue weighted by molar-refractivity contribution is -0.120. The second kappa shape index (κ2) is 9.07. The molecule has 0 aromatic carbocycles. The van der Waals surface area contributed by atoms with Gasteiger partial charge in [0.25, 0.3) is 0 Å². The van der Waals surface area contributed by atoms with Crippen molar-refractivity contribution in [3.8, 4) is 0 Å². The third kappa shape index (κ3) is 5.37. The number of hydrogen-bond donors (Lipinski definition) is 3. The number of nitrogens with zero attached hydrogens (tertiary/aromatic N) is 3. The molecule has 0 radical (unpaired) electrons. The Hall–Kier alpha value is -2.77. The lowest BCUT2D eigenvalue weighted by atomic mass is 10.1. The molecule has 2 rings (SSSR count). The van der Waals surface area contributed by atoms with Crippen molar-refractivity contribution in [2.75, 3.05) is 13.6 Å². The third-order valence-corrected chi connectivity index (χ3v) is 4.23. The van der Waals surface area contributed by atoms with Crippen LogP contribution in [0.2, 0.25) is 0 Å². The molecule has 0 aliphatic heterocycles. The van der Waals surface area contributed by atoms with Gasteiger partial charge in [0.2, 0.25) is 5.91 Å². The van der Waals surface area contributed by atoms with E-state index in [1.54, 1.807) is 19.4 Å². The number of aromatic nitrogens is 2. The summed E-state index contributed by atoms with van der Waals surface area (Å²) < 4.78 is 7.08. The summed E-state index contributed by atoms with van der Waals surface area (Å²) in [7, 11) is 3.63. The normalized spacial score (nSPS) is 12.7. The zero-order chi connectivity index (χ0) is 19.1. The molecule has 0 fully saturated rings. The van der Waals surface area contributed by atoms with Crippen LogP contribution in [0.15, 0.2) is 27.8 Å². The Morgan fingerprint density at radius 2 is 2.15 bits per heavy atom. The van der Waals surface area contributed by atoms with E-state index in [4.69, 9.17) is 4.42 Å². The van der Waals surface area contributed by atoms with Gasteiger partial charge in [-0.05, 0) is 44.9 Å². The Balaban J connectivity index is 1.78. The van der Waals surface area contributed by atoms with Crippen molar-refractivity contribution >= 4 is 11.9 Å². The van der Waals surface area contributed by atoms with E-state index in [-0.39, 0.29) is 18.5 Å². The topological polar surface area (TPSA) is 96.5 Å². The fraction of sp³-hybridized carbons (Fsp3) is 0.500. The molecular weight excluding hydrogens is 332 g/mol. The van der Waals surface area contributed by atoms with Gasteiger partial charge in [-0.15, -0.1) is 0 Å². The Morgan fingerprint density at radius 3 is 2.73 bits per heavy atom. The van der Waals surface area contributed by atoms with Crippen molar-refractivity contribution in [3.05, 3.63) is 41.1 Å². The number of carbonyl (C=O) groups excluding carboxylic acids is 1. The Labute approximate surface area is 154 Å². The minimum Gasteiger partial charge on any atom is -0.467 e. The van der Waals surface area contributed by atoms with Gasteiger partial charge in [0, 0.05) is 25.8 Å². The number of amides is 1. The minimum atomic E-state index is -0.129. The van der Waals surface area contributed by atoms with Gasteiger partial charge in [0.05, 0.1) is 25.0 Å². The zero-order valence-electron chi connectivity index (χ0n) is 16.1. The van der Waals surface area contributed by atoms with Gasteiger partial charge in [0.1, 0.15) is 5.76 Å². The van der Waals surface area contributed by atoms with Crippen molar-refractivity contribution in [2.45, 2.75) is 39.8 Å². The molecule has 3 N–H and O–H groups in total. The van der Waals surface area contributed by atoms with Crippen LogP contribution in [0.25, 0.3) is 0 Å². The van der Waals surface area contributed by atoms with Crippen LogP contribution in [0.3, 0.4) is 0 Å². The molecule has 0 saturated heterocycles. The smallest absolute Gasteiger partial charge is 0.239 e. The Kier molecular flexibility index (Phi) is 6.82. The van der Waals surface area contributed by atoms with Crippen LogP contribution in [0.5, 0.6) is 0 Å². The number of aryl methyl sites for hydroxylation is 2. The molecule has 0 saturated carbocycles. The van der Waals surface area contributed by atoms with Gasteiger partial charge in [-0.3, -0.25) is 14.5 Å². The summed E-state index contributed by atoms with van der Waals surface area (Å²) in [5.41, 5.74) is 3.44. The molecule has 0 spiro atoms. The molecule has 1 amide bonds. The van der Waals surface area contributed by atoms with E-state index in [9.17, 15) is 4.79 Å². The number of nitrogens with one attached hydrogen (secondary N) is 3. The van der Waals surface area contributed by atoms with Crippen LogP contribution in [0, 0.1) is 13.8 Å². The fourth-order valence-electron chi connectivity index (χ4n) is 2.72. The molecule has 2 aromatic rings. The number of hydrogen-bond acceptors (Lipinski definition) is 4. The largest absolute Gasteiger partial charge is 0.467 e. The summed E-state index contributed by atoms with van der Waals surface area (Å²) in [6.07, 6.45) is 2.41. The van der Waals surface area contributed by atoms with Gasteiger partial charge in [-0.25, -0.2) is 0 Å². The van der Waals surface area contributed by atoms with Crippen LogP contribution in [-0.2, 0) is 24.8 Å². The Morgan fingerprint density at radius 1 is 1.38 bits per heavy atom. The summed E-state index contributed by atoms with van der Waals surface area (Å²) in [6, 6.07) is 3.76. The molecule has 1 unspecified atom stereocenters. The molecular formula is C18H28N6O2. The van der Waals surface area contributed by atoms with E-state index in [0.29, 0.717) is 12.5 Å². The lowest BCUT2D eigenvalue weighted by Gasteiger charge is -2.18. The second-order valence-electron chi connectivity index (χ2n) is 6.30. The Bertz CT molecular complexity index is 748. The van der Waals surface area contributed by atoms with Crippen molar-refractivity contribution in [1.29, 1.82) is 0 Å². The van der Waals surface area contributed by atoms with E-state index in [2.05, 4.69) is 39.9 Å². The number of furan rings is 1. The molecule has 0 aliphatic rings. The summed E-state index contributed by atoms with van der Waals surface area (Å²) in [6.45, 7) is 6.67. The zero-order valence-corrected chi connectivity index (χ0v) is 16.1. The van der Waals surface area contributed by atoms with E-state index < -0.39 is 0 Å². The van der Waals surface area contributed by atoms with Crippen molar-refractivity contribution < 1.29 is 9.21 Å². The first-order valence-electron chi connectivity index (χ1n) is 8.66. The second-order valence-corrected chi connectivity index (χ2v) is 6.30. The average Bonchev–Trinajstić information content (AvgIpc) is 3.21. The maximum absolute atomic E-state index is 11.9. The predicted molar refractivity (Wildman–Crippen MR) is 101 cm³/mol. The van der Waals surface area contributed by atoms with E-state index in [1.807, 2.05) is 24.7 Å². The fourth-order valence-corrected chi connectivity index (χ4v) is 2.72. The number of guanidine groups is 1. The summed E-state index contributed by atoms with van der Waals surface area (Å²) in [5, 5.41) is 13.6. The minimum absolute atomic E-state index is 0.129. The van der Waals surface area contributed by atoms with Crippen LogP contribution >= 0.6 is 0 Å². The third-order valence-electron chi connectivity index (χ3n) is 4.23. The molecule has 0 bridgehead atoms. The van der Waals surface area contributed by atoms with E-state index >= 15 is 0 Å². The highest BCUT2D eigenvalue weighted by molar-refractivity contribution is 5.86. The van der Waals surface area contributed by atoms with Crippen molar-refractivity contribution in [1.82, 2.24) is 25.7 Å². The summed E-state index contributed by atoms with van der Waals surface area (Å²) in [4.78, 5) is 16.1. The first-order chi connectivity index (χ1) is 12.4. The SMILES string of the molecule is CN=C(NCC(=O)NCc1ccco1)NC(C)Cc1c(C)nn(C)c1C. The van der Waals surface area contributed by atoms with Gasteiger partial charge in [-0.2, -0.15) is 5.10 Å². The van der Waals surface area contributed by atoms with Gasteiger partial charge < -0.3 is 20.4 Å². The van der Waals surface area contributed by atoms with Gasteiger partial charge in [-0.1, -0.05) is 0 Å². The number of aliphatic imine (C=N–C) groups is 1. The van der Waals surface area contributed by atoms with E-state index in [0.717, 1.165) is 23.6 Å². The molecule has 8 heteroatoms. The maximum Gasteiger partial charge on any atom is 0.239 e. The van der Waals surface area contributed by atoms with Crippen LogP contribution in [-0.4, -0.2) is 41.3 Å². The molecule has 142 valence electrons. The highest BCUT2D eigenvalue weighted by atomic mass is 16.3. The average molecular weight is 360 g/mol.